The lowest BCUT2D eigenvalue weighted by Crippen LogP contribution is -2.59. The van der Waals surface area contributed by atoms with E-state index in [2.05, 4.69) is 31.0 Å². The van der Waals surface area contributed by atoms with E-state index in [1.165, 1.54) is 25.7 Å². The van der Waals surface area contributed by atoms with Crippen LogP contribution in [0.3, 0.4) is 0 Å². The van der Waals surface area contributed by atoms with Gasteiger partial charge in [-0.05, 0) is 31.6 Å². The summed E-state index contributed by atoms with van der Waals surface area (Å²) in [5.41, 5.74) is 6.25. The highest BCUT2D eigenvalue weighted by molar-refractivity contribution is 5.01. The monoisotopic (exact) mass is 236 g/mol. The molecule has 2 unspecified atom stereocenters. The van der Waals surface area contributed by atoms with Gasteiger partial charge in [0.2, 0.25) is 0 Å². The molecule has 17 heavy (non-hydrogen) atoms. The van der Waals surface area contributed by atoms with Gasteiger partial charge in [-0.3, -0.25) is 0 Å². The summed E-state index contributed by atoms with van der Waals surface area (Å²) in [6, 6.07) is 0. The molecule has 0 amide bonds. The van der Waals surface area contributed by atoms with Crippen molar-refractivity contribution in [2.24, 2.45) is 17.6 Å². The van der Waals surface area contributed by atoms with Crippen LogP contribution in [0.15, 0.2) is 0 Å². The van der Waals surface area contributed by atoms with Gasteiger partial charge in [-0.2, -0.15) is 0 Å². The third kappa shape index (κ3) is 3.72. The molecule has 2 nitrogen and oxygen atoms in total. The summed E-state index contributed by atoms with van der Waals surface area (Å²) in [6.45, 7) is 8.29. The molecule has 0 bridgehead atoms. The van der Waals surface area contributed by atoms with E-state index in [0.717, 1.165) is 25.4 Å². The summed E-state index contributed by atoms with van der Waals surface area (Å²) in [5, 5.41) is 3.72. The average molecular weight is 236 g/mol. The minimum Gasteiger partial charge on any atom is -0.329 e. The summed E-state index contributed by atoms with van der Waals surface area (Å²) in [4.78, 5) is 0. The Hall–Kier alpha value is -0.520. The van der Waals surface area contributed by atoms with Crippen LogP contribution in [-0.2, 0) is 0 Å². The van der Waals surface area contributed by atoms with Crippen molar-refractivity contribution >= 4 is 0 Å². The highest BCUT2D eigenvalue weighted by Gasteiger charge is 2.40. The van der Waals surface area contributed by atoms with Gasteiger partial charge in [-0.15, -0.1) is 11.8 Å². The van der Waals surface area contributed by atoms with Gasteiger partial charge in [-0.25, -0.2) is 0 Å². The Morgan fingerprint density at radius 1 is 1.41 bits per heavy atom. The van der Waals surface area contributed by atoms with E-state index >= 15 is 0 Å². The molecule has 1 fully saturated rings. The highest BCUT2D eigenvalue weighted by atomic mass is 15.0. The fraction of sp³-hybridized carbons (Fsp3) is 0.867. The van der Waals surface area contributed by atoms with Crippen LogP contribution in [-0.4, -0.2) is 18.6 Å². The lowest BCUT2D eigenvalue weighted by molar-refractivity contribution is 0.110. The molecular weight excluding hydrogens is 208 g/mol. The topological polar surface area (TPSA) is 38.0 Å². The molecule has 1 aliphatic rings. The van der Waals surface area contributed by atoms with E-state index < -0.39 is 0 Å². The Morgan fingerprint density at radius 2 is 2.18 bits per heavy atom. The Kier molecular flexibility index (Phi) is 6.02. The zero-order valence-electron chi connectivity index (χ0n) is 11.7. The lowest BCUT2D eigenvalue weighted by Gasteiger charge is -2.46. The first-order chi connectivity index (χ1) is 8.16. The summed E-state index contributed by atoms with van der Waals surface area (Å²) in [6.07, 6.45) is 6.16. The van der Waals surface area contributed by atoms with Crippen molar-refractivity contribution < 1.29 is 0 Å². The number of rotatable bonds is 5. The van der Waals surface area contributed by atoms with E-state index in [0.29, 0.717) is 5.92 Å². The maximum absolute atomic E-state index is 6.08. The van der Waals surface area contributed by atoms with Gasteiger partial charge in [0.1, 0.15) is 0 Å². The van der Waals surface area contributed by atoms with E-state index in [-0.39, 0.29) is 5.54 Å². The summed E-state index contributed by atoms with van der Waals surface area (Å²) in [7, 11) is 0. The molecule has 2 heteroatoms. The SMILES string of the molecule is CC#CCCNC1(CN)CCCCC1C(C)C. The minimum atomic E-state index is 0.168. The van der Waals surface area contributed by atoms with Gasteiger partial charge in [0.05, 0.1) is 0 Å². The average Bonchev–Trinajstić information content (AvgIpc) is 2.35. The molecule has 0 heterocycles. The van der Waals surface area contributed by atoms with Crippen molar-refractivity contribution in [2.45, 2.75) is 58.4 Å². The standard InChI is InChI=1S/C15H28N2/c1-4-5-8-11-17-15(12-16)10-7-6-9-14(15)13(2)3/h13-14,17H,6-12,16H2,1-3H3. The molecular formula is C15H28N2. The maximum Gasteiger partial charge on any atom is 0.0335 e. The van der Waals surface area contributed by atoms with Gasteiger partial charge in [-0.1, -0.05) is 26.7 Å². The fourth-order valence-corrected chi connectivity index (χ4v) is 3.28. The molecule has 0 aromatic rings. The van der Waals surface area contributed by atoms with Crippen molar-refractivity contribution in [2.75, 3.05) is 13.1 Å². The zero-order valence-corrected chi connectivity index (χ0v) is 11.7. The van der Waals surface area contributed by atoms with Crippen LogP contribution in [0, 0.1) is 23.7 Å². The van der Waals surface area contributed by atoms with Crippen molar-refractivity contribution in [1.82, 2.24) is 5.32 Å². The molecule has 0 spiro atoms. The van der Waals surface area contributed by atoms with Crippen LogP contribution in [0.25, 0.3) is 0 Å². The lowest BCUT2D eigenvalue weighted by atomic mass is 9.68. The number of hydrogen-bond donors (Lipinski definition) is 2. The van der Waals surface area contributed by atoms with Crippen LogP contribution in [0.5, 0.6) is 0 Å². The van der Waals surface area contributed by atoms with E-state index in [1.807, 2.05) is 6.92 Å². The first-order valence-corrected chi connectivity index (χ1v) is 7.01. The van der Waals surface area contributed by atoms with Crippen molar-refractivity contribution in [3.63, 3.8) is 0 Å². The Balaban J connectivity index is 2.63. The van der Waals surface area contributed by atoms with Crippen LogP contribution >= 0.6 is 0 Å². The molecule has 0 saturated heterocycles. The second kappa shape index (κ2) is 7.03. The molecule has 98 valence electrons. The Morgan fingerprint density at radius 3 is 2.76 bits per heavy atom. The molecule has 3 N–H and O–H groups in total. The van der Waals surface area contributed by atoms with Crippen LogP contribution in [0.2, 0.25) is 0 Å². The highest BCUT2D eigenvalue weighted by Crippen LogP contribution is 2.37. The molecule has 0 aromatic heterocycles. The number of nitrogens with two attached hydrogens (primary N) is 1. The van der Waals surface area contributed by atoms with Crippen LogP contribution in [0.4, 0.5) is 0 Å². The van der Waals surface area contributed by atoms with Crippen LogP contribution in [0.1, 0.15) is 52.9 Å². The number of nitrogens with one attached hydrogen (secondary N) is 1. The first kappa shape index (κ1) is 14.5. The first-order valence-electron chi connectivity index (χ1n) is 7.01. The van der Waals surface area contributed by atoms with Crippen LogP contribution < -0.4 is 11.1 Å². The Bertz CT molecular complexity index is 274. The third-order valence-electron chi connectivity index (χ3n) is 4.17. The fourth-order valence-electron chi connectivity index (χ4n) is 3.28. The molecule has 1 rings (SSSR count). The summed E-state index contributed by atoms with van der Waals surface area (Å²) < 4.78 is 0. The second-order valence-electron chi connectivity index (χ2n) is 5.56. The molecule has 0 aliphatic heterocycles. The van der Waals surface area contributed by atoms with Gasteiger partial charge in [0.25, 0.3) is 0 Å². The molecule has 1 saturated carbocycles. The zero-order chi connectivity index (χ0) is 12.7. The smallest absolute Gasteiger partial charge is 0.0335 e. The van der Waals surface area contributed by atoms with Crippen molar-refractivity contribution in [3.8, 4) is 11.8 Å². The predicted molar refractivity (Wildman–Crippen MR) is 74.7 cm³/mol. The minimum absolute atomic E-state index is 0.168. The van der Waals surface area contributed by atoms with Gasteiger partial charge >= 0.3 is 0 Å². The molecule has 1 aliphatic carbocycles. The van der Waals surface area contributed by atoms with E-state index in [9.17, 15) is 0 Å². The molecule has 0 radical (unpaired) electrons. The van der Waals surface area contributed by atoms with Gasteiger partial charge in [0, 0.05) is 25.0 Å². The third-order valence-corrected chi connectivity index (χ3v) is 4.17. The van der Waals surface area contributed by atoms with Gasteiger partial charge in [0.15, 0.2) is 0 Å². The number of hydrogen-bond acceptors (Lipinski definition) is 2. The largest absolute Gasteiger partial charge is 0.329 e. The van der Waals surface area contributed by atoms with E-state index in [4.69, 9.17) is 5.73 Å². The normalized spacial score (nSPS) is 28.9. The molecule has 2 atom stereocenters. The summed E-state index contributed by atoms with van der Waals surface area (Å²) >= 11 is 0. The quantitative estimate of drug-likeness (QED) is 0.568. The summed E-state index contributed by atoms with van der Waals surface area (Å²) in [5.74, 6) is 7.50. The molecule has 0 aromatic carbocycles. The Labute approximate surface area is 107 Å². The van der Waals surface area contributed by atoms with Crippen molar-refractivity contribution in [1.29, 1.82) is 0 Å². The maximum atomic E-state index is 6.08. The van der Waals surface area contributed by atoms with E-state index in [1.54, 1.807) is 0 Å². The van der Waals surface area contributed by atoms with Crippen molar-refractivity contribution in [3.05, 3.63) is 0 Å². The predicted octanol–water partition coefficient (Wildman–Crippen LogP) is 2.53. The van der Waals surface area contributed by atoms with Gasteiger partial charge < -0.3 is 11.1 Å². The second-order valence-corrected chi connectivity index (χ2v) is 5.56.